The van der Waals surface area contributed by atoms with E-state index in [0.29, 0.717) is 48.7 Å². The lowest BCUT2D eigenvalue weighted by atomic mass is 10.1. The highest BCUT2D eigenvalue weighted by Gasteiger charge is 2.30. The number of sulfonamides is 1. The van der Waals surface area contributed by atoms with Crippen LogP contribution in [-0.4, -0.2) is 46.9 Å². The Labute approximate surface area is 161 Å². The molecule has 1 aliphatic rings. The minimum atomic E-state index is -3.67. The van der Waals surface area contributed by atoms with E-state index in [1.807, 2.05) is 6.92 Å². The molecule has 1 aromatic carbocycles. The van der Waals surface area contributed by atoms with E-state index in [9.17, 15) is 13.2 Å². The second kappa shape index (κ2) is 7.02. The van der Waals surface area contributed by atoms with Crippen LogP contribution >= 0.6 is 0 Å². The van der Waals surface area contributed by atoms with E-state index >= 15 is 0 Å². The summed E-state index contributed by atoms with van der Waals surface area (Å²) in [5.41, 5.74) is 1.51. The van der Waals surface area contributed by atoms with Gasteiger partial charge in [-0.2, -0.15) is 9.29 Å². The molecule has 9 nitrogen and oxygen atoms in total. The average Bonchev–Trinajstić information content (AvgIpc) is 3.00. The Balaban J connectivity index is 1.46. The normalized spacial score (nSPS) is 16.5. The molecule has 1 N–H and O–H groups in total. The second-order valence-electron chi connectivity index (χ2n) is 6.79. The predicted octanol–water partition coefficient (Wildman–Crippen LogP) is 1.76. The van der Waals surface area contributed by atoms with Crippen LogP contribution in [0.25, 0.3) is 11.1 Å². The highest BCUT2D eigenvalue weighted by Crippen LogP contribution is 2.25. The van der Waals surface area contributed by atoms with Crippen molar-refractivity contribution in [3.63, 3.8) is 0 Å². The van der Waals surface area contributed by atoms with Crippen LogP contribution < -0.4 is 10.5 Å². The number of aryl methyl sites for hydroxylation is 2. The highest BCUT2D eigenvalue weighted by molar-refractivity contribution is 7.89. The first-order valence-corrected chi connectivity index (χ1v) is 10.4. The fourth-order valence-electron chi connectivity index (χ4n) is 3.35. The second-order valence-corrected chi connectivity index (χ2v) is 8.73. The number of H-pyrrole nitrogens is 1. The lowest BCUT2D eigenvalue weighted by molar-refractivity contribution is 0.129. The molecule has 148 valence electrons. The van der Waals surface area contributed by atoms with E-state index in [2.05, 4.69) is 15.0 Å². The minimum absolute atomic E-state index is 0.104. The maximum Gasteiger partial charge on any atom is 0.417 e. The molecule has 2 aromatic heterocycles. The molecule has 0 unspecified atom stereocenters. The molecule has 28 heavy (non-hydrogen) atoms. The Hall–Kier alpha value is -2.72. The zero-order chi connectivity index (χ0) is 19.9. The lowest BCUT2D eigenvalue weighted by Crippen LogP contribution is -2.41. The number of benzene rings is 1. The van der Waals surface area contributed by atoms with Gasteiger partial charge in [-0.3, -0.25) is 4.98 Å². The van der Waals surface area contributed by atoms with Crippen LogP contribution in [0.15, 0.2) is 38.4 Å². The molecule has 0 spiro atoms. The lowest BCUT2D eigenvalue weighted by Gasteiger charge is -2.31. The summed E-state index contributed by atoms with van der Waals surface area (Å²) in [4.78, 5) is 22.4. The third-order valence-electron chi connectivity index (χ3n) is 4.66. The Kier molecular flexibility index (Phi) is 4.68. The van der Waals surface area contributed by atoms with Crippen LogP contribution in [0.4, 0.5) is 0 Å². The van der Waals surface area contributed by atoms with Crippen LogP contribution in [0, 0.1) is 13.8 Å². The first kappa shape index (κ1) is 18.6. The number of fused-ring (bicyclic) bond motifs is 1. The van der Waals surface area contributed by atoms with Gasteiger partial charge in [0.25, 0.3) is 0 Å². The molecule has 0 bridgehead atoms. The van der Waals surface area contributed by atoms with Crippen molar-refractivity contribution in [2.75, 3.05) is 13.1 Å². The van der Waals surface area contributed by atoms with Crippen LogP contribution in [-0.2, 0) is 10.0 Å². The summed E-state index contributed by atoms with van der Waals surface area (Å²) in [5.74, 6) is 0.543. The molecule has 1 saturated heterocycles. The number of oxazole rings is 1. The van der Waals surface area contributed by atoms with E-state index < -0.39 is 15.8 Å². The summed E-state index contributed by atoms with van der Waals surface area (Å²) in [6.45, 7) is 4.37. The van der Waals surface area contributed by atoms with E-state index in [-0.39, 0.29) is 11.0 Å². The molecule has 3 aromatic rings. The molecular weight excluding hydrogens is 384 g/mol. The molecular formula is C18H20N4O5S. The average molecular weight is 404 g/mol. The number of hydrogen-bond acceptors (Lipinski definition) is 7. The number of aromatic amines is 1. The van der Waals surface area contributed by atoms with Gasteiger partial charge in [-0.1, -0.05) is 0 Å². The molecule has 0 radical (unpaired) electrons. The van der Waals surface area contributed by atoms with Gasteiger partial charge in [0.05, 0.1) is 10.4 Å². The number of aromatic nitrogens is 3. The fraction of sp³-hybridized carbons (Fsp3) is 0.389. The molecule has 3 heterocycles. The Morgan fingerprint density at radius 3 is 2.64 bits per heavy atom. The van der Waals surface area contributed by atoms with E-state index in [1.54, 1.807) is 13.0 Å². The number of hydrogen-bond donors (Lipinski definition) is 1. The van der Waals surface area contributed by atoms with Gasteiger partial charge < -0.3 is 9.15 Å². The third kappa shape index (κ3) is 3.65. The van der Waals surface area contributed by atoms with E-state index in [0.717, 1.165) is 5.69 Å². The highest BCUT2D eigenvalue weighted by atomic mass is 32.2. The number of nitrogens with one attached hydrogen (secondary N) is 1. The van der Waals surface area contributed by atoms with E-state index in [4.69, 9.17) is 9.15 Å². The van der Waals surface area contributed by atoms with Crippen LogP contribution in [0.2, 0.25) is 0 Å². The Bertz CT molecular complexity index is 1160. The van der Waals surface area contributed by atoms with Crippen molar-refractivity contribution in [1.29, 1.82) is 0 Å². The van der Waals surface area contributed by atoms with Crippen LogP contribution in [0.5, 0.6) is 5.88 Å². The van der Waals surface area contributed by atoms with Gasteiger partial charge >= 0.3 is 5.76 Å². The predicted molar refractivity (Wildman–Crippen MR) is 101 cm³/mol. The van der Waals surface area contributed by atoms with Gasteiger partial charge in [0.2, 0.25) is 15.9 Å². The van der Waals surface area contributed by atoms with Crippen molar-refractivity contribution >= 4 is 21.1 Å². The summed E-state index contributed by atoms with van der Waals surface area (Å²) in [7, 11) is -3.67. The SMILES string of the molecule is Cc1cc(OC2CCN(S(=O)(=O)c3ccc4oc(=O)[nH]c4c3)CC2)nc(C)n1. The molecule has 0 aliphatic carbocycles. The van der Waals surface area contributed by atoms with Gasteiger partial charge in [-0.15, -0.1) is 0 Å². The molecule has 0 saturated carbocycles. The Morgan fingerprint density at radius 1 is 1.18 bits per heavy atom. The first-order chi connectivity index (χ1) is 13.3. The number of piperidine rings is 1. The summed E-state index contributed by atoms with van der Waals surface area (Å²) in [6.07, 6.45) is 1.02. The van der Waals surface area contributed by atoms with Gasteiger partial charge in [0.15, 0.2) is 5.58 Å². The summed E-state index contributed by atoms with van der Waals surface area (Å²) < 4.78 is 38.1. The summed E-state index contributed by atoms with van der Waals surface area (Å²) in [5, 5.41) is 0. The Morgan fingerprint density at radius 2 is 1.93 bits per heavy atom. The molecule has 10 heteroatoms. The van der Waals surface area contributed by atoms with Crippen LogP contribution in [0.1, 0.15) is 24.4 Å². The van der Waals surface area contributed by atoms with Crippen molar-refractivity contribution in [3.05, 3.63) is 46.3 Å². The van der Waals surface area contributed by atoms with Crippen molar-refractivity contribution in [3.8, 4) is 5.88 Å². The standard InChI is InChI=1S/C18H20N4O5S/c1-11-9-17(20-12(2)19-11)26-13-5-7-22(8-6-13)28(24,25)14-3-4-16-15(10-14)21-18(23)27-16/h3-4,9-10,13H,5-8H2,1-2H3,(H,21,23). The van der Waals surface area contributed by atoms with Crippen molar-refractivity contribution in [1.82, 2.24) is 19.3 Å². The van der Waals surface area contributed by atoms with Crippen molar-refractivity contribution < 1.29 is 17.6 Å². The van der Waals surface area contributed by atoms with Gasteiger partial charge in [0.1, 0.15) is 11.9 Å². The molecule has 1 fully saturated rings. The van der Waals surface area contributed by atoms with Gasteiger partial charge in [-0.05, 0) is 44.9 Å². The fourth-order valence-corrected chi connectivity index (χ4v) is 4.84. The summed E-state index contributed by atoms with van der Waals surface area (Å²) in [6, 6.07) is 6.13. The number of rotatable bonds is 4. The topological polar surface area (TPSA) is 118 Å². The smallest absolute Gasteiger partial charge is 0.417 e. The van der Waals surface area contributed by atoms with Gasteiger partial charge in [0, 0.05) is 24.8 Å². The molecule has 0 amide bonds. The first-order valence-electron chi connectivity index (χ1n) is 8.93. The maximum absolute atomic E-state index is 12.9. The van der Waals surface area contributed by atoms with Crippen LogP contribution in [0.3, 0.4) is 0 Å². The van der Waals surface area contributed by atoms with Gasteiger partial charge in [-0.25, -0.2) is 18.2 Å². The third-order valence-corrected chi connectivity index (χ3v) is 6.55. The number of ether oxygens (including phenoxy) is 1. The summed E-state index contributed by atoms with van der Waals surface area (Å²) >= 11 is 0. The largest absolute Gasteiger partial charge is 0.474 e. The monoisotopic (exact) mass is 404 g/mol. The van der Waals surface area contributed by atoms with Crippen molar-refractivity contribution in [2.24, 2.45) is 0 Å². The minimum Gasteiger partial charge on any atom is -0.474 e. The molecule has 0 atom stereocenters. The zero-order valence-corrected chi connectivity index (χ0v) is 16.3. The maximum atomic E-state index is 12.9. The molecule has 1 aliphatic heterocycles. The number of nitrogens with zero attached hydrogens (tertiary/aromatic N) is 3. The quantitative estimate of drug-likeness (QED) is 0.704. The van der Waals surface area contributed by atoms with E-state index in [1.165, 1.54) is 22.5 Å². The zero-order valence-electron chi connectivity index (χ0n) is 15.5. The van der Waals surface area contributed by atoms with Crippen molar-refractivity contribution in [2.45, 2.75) is 37.7 Å². The molecule has 4 rings (SSSR count).